The van der Waals surface area contributed by atoms with E-state index in [9.17, 15) is 4.79 Å². The zero-order valence-electron chi connectivity index (χ0n) is 9.56. The normalized spacial score (nSPS) is 11.5. The molecule has 5 heteroatoms. The third-order valence-corrected chi connectivity index (χ3v) is 2.28. The van der Waals surface area contributed by atoms with E-state index in [4.69, 9.17) is 4.42 Å². The Balaban J connectivity index is 2.24. The molecule has 2 rings (SSSR count). The van der Waals surface area contributed by atoms with Crippen molar-refractivity contribution in [1.82, 2.24) is 5.43 Å². The second kappa shape index (κ2) is 4.69. The number of furan rings is 1. The van der Waals surface area contributed by atoms with Crippen LogP contribution in [0.2, 0.25) is 0 Å². The first-order chi connectivity index (χ1) is 8.20. The monoisotopic (exact) mass is 232 g/mol. The summed E-state index contributed by atoms with van der Waals surface area (Å²) in [6.45, 7) is 1.74. The Bertz CT molecular complexity index is 539. The predicted octanol–water partition coefficient (Wildman–Crippen LogP) is 2.51. The molecule has 1 aromatic heterocycles. The zero-order chi connectivity index (χ0) is 12.3. The summed E-state index contributed by atoms with van der Waals surface area (Å²) in [5, 5.41) is 4.85. The van der Waals surface area contributed by atoms with Crippen molar-refractivity contribution in [2.24, 2.45) is 5.10 Å². The smallest absolute Gasteiger partial charge is 0.427 e. The number of hydrogen-bond donors (Lipinski definition) is 1. The van der Waals surface area contributed by atoms with Crippen molar-refractivity contribution < 1.29 is 13.9 Å². The van der Waals surface area contributed by atoms with E-state index in [2.05, 4.69) is 15.3 Å². The van der Waals surface area contributed by atoms with E-state index >= 15 is 0 Å². The van der Waals surface area contributed by atoms with Gasteiger partial charge < -0.3 is 9.15 Å². The number of nitrogens with one attached hydrogen (secondary N) is 1. The highest BCUT2D eigenvalue weighted by molar-refractivity contribution is 6.00. The lowest BCUT2D eigenvalue weighted by Gasteiger charge is -1.97. The summed E-state index contributed by atoms with van der Waals surface area (Å²) in [7, 11) is 1.28. The molecule has 0 aliphatic heterocycles. The number of rotatable bonds is 2. The number of methoxy groups -OCH3 is 1. The van der Waals surface area contributed by atoms with Gasteiger partial charge in [-0.15, -0.1) is 0 Å². The van der Waals surface area contributed by atoms with Gasteiger partial charge in [-0.2, -0.15) is 5.10 Å². The minimum absolute atomic E-state index is 0.576. The number of carbonyl (C=O) groups is 1. The molecule has 5 nitrogen and oxygen atoms in total. The third-order valence-electron chi connectivity index (χ3n) is 2.28. The number of fused-ring (bicyclic) bond motifs is 1. The van der Waals surface area contributed by atoms with Crippen LogP contribution in [0.3, 0.4) is 0 Å². The molecular weight excluding hydrogens is 220 g/mol. The quantitative estimate of drug-likeness (QED) is 0.639. The van der Waals surface area contributed by atoms with Gasteiger partial charge >= 0.3 is 6.09 Å². The predicted molar refractivity (Wildman–Crippen MR) is 64.0 cm³/mol. The van der Waals surface area contributed by atoms with E-state index in [0.717, 1.165) is 11.0 Å². The van der Waals surface area contributed by atoms with Crippen LogP contribution in [0.15, 0.2) is 39.9 Å². The molecule has 0 saturated carbocycles. The molecular formula is C12H12N2O3. The maximum Gasteiger partial charge on any atom is 0.427 e. The van der Waals surface area contributed by atoms with Gasteiger partial charge in [0, 0.05) is 5.39 Å². The summed E-state index contributed by atoms with van der Waals surface area (Å²) in [5.74, 6) is 0.614. The maximum atomic E-state index is 10.8. The summed E-state index contributed by atoms with van der Waals surface area (Å²) in [4.78, 5) is 10.8. The van der Waals surface area contributed by atoms with Crippen LogP contribution in [0.1, 0.15) is 12.7 Å². The van der Waals surface area contributed by atoms with Gasteiger partial charge in [0.25, 0.3) is 0 Å². The first-order valence-corrected chi connectivity index (χ1v) is 5.08. The molecule has 1 aromatic carbocycles. The van der Waals surface area contributed by atoms with Crippen molar-refractivity contribution in [3.05, 3.63) is 36.1 Å². The molecule has 0 aliphatic rings. The molecule has 1 amide bonds. The SMILES string of the molecule is COC(=O)N/N=C(/C)c1cc2ccccc2o1. The average molecular weight is 232 g/mol. The first kappa shape index (κ1) is 11.2. The lowest BCUT2D eigenvalue weighted by Crippen LogP contribution is -2.18. The topological polar surface area (TPSA) is 63.8 Å². The highest BCUT2D eigenvalue weighted by Gasteiger charge is 2.06. The van der Waals surface area contributed by atoms with Crippen LogP contribution in [0, 0.1) is 0 Å². The highest BCUT2D eigenvalue weighted by atomic mass is 16.5. The Morgan fingerprint density at radius 2 is 2.18 bits per heavy atom. The van der Waals surface area contributed by atoms with Gasteiger partial charge in [0.1, 0.15) is 11.3 Å². The Kier molecular flexibility index (Phi) is 3.09. The zero-order valence-corrected chi connectivity index (χ0v) is 9.56. The summed E-state index contributed by atoms with van der Waals surface area (Å²) < 4.78 is 9.98. The van der Waals surface area contributed by atoms with Crippen LogP contribution >= 0.6 is 0 Å². The molecule has 0 atom stereocenters. The third kappa shape index (κ3) is 2.44. The lowest BCUT2D eigenvalue weighted by atomic mass is 10.2. The summed E-state index contributed by atoms with van der Waals surface area (Å²) >= 11 is 0. The number of nitrogens with zero attached hydrogens (tertiary/aromatic N) is 1. The van der Waals surface area contributed by atoms with Crippen molar-refractivity contribution >= 4 is 22.8 Å². The summed E-state index contributed by atoms with van der Waals surface area (Å²) in [6.07, 6.45) is -0.611. The van der Waals surface area contributed by atoms with E-state index in [1.54, 1.807) is 6.92 Å². The Morgan fingerprint density at radius 1 is 1.41 bits per heavy atom. The van der Waals surface area contributed by atoms with Crippen LogP contribution in [0.4, 0.5) is 4.79 Å². The second-order valence-corrected chi connectivity index (χ2v) is 3.45. The van der Waals surface area contributed by atoms with E-state index in [0.29, 0.717) is 11.5 Å². The fourth-order valence-electron chi connectivity index (χ4n) is 1.39. The molecule has 0 fully saturated rings. The molecule has 0 spiro atoms. The van der Waals surface area contributed by atoms with Crippen LogP contribution in [-0.2, 0) is 4.74 Å². The van der Waals surface area contributed by atoms with Gasteiger partial charge in [-0.3, -0.25) is 0 Å². The molecule has 1 heterocycles. The van der Waals surface area contributed by atoms with E-state index in [1.165, 1.54) is 7.11 Å². The second-order valence-electron chi connectivity index (χ2n) is 3.45. The van der Waals surface area contributed by atoms with E-state index in [1.807, 2.05) is 30.3 Å². The van der Waals surface area contributed by atoms with E-state index < -0.39 is 6.09 Å². The first-order valence-electron chi connectivity index (χ1n) is 5.08. The fourth-order valence-corrected chi connectivity index (χ4v) is 1.39. The number of para-hydroxylation sites is 1. The van der Waals surface area contributed by atoms with Crippen LogP contribution in [0.25, 0.3) is 11.0 Å². The number of benzene rings is 1. The van der Waals surface area contributed by atoms with Crippen molar-refractivity contribution in [2.75, 3.05) is 7.11 Å². The highest BCUT2D eigenvalue weighted by Crippen LogP contribution is 2.19. The number of hydrazone groups is 1. The van der Waals surface area contributed by atoms with Gasteiger partial charge in [-0.25, -0.2) is 10.2 Å². The number of hydrogen-bond acceptors (Lipinski definition) is 4. The van der Waals surface area contributed by atoms with Crippen molar-refractivity contribution in [3.8, 4) is 0 Å². The van der Waals surface area contributed by atoms with E-state index in [-0.39, 0.29) is 0 Å². The number of ether oxygens (including phenoxy) is 1. The van der Waals surface area contributed by atoms with Crippen molar-refractivity contribution in [3.63, 3.8) is 0 Å². The van der Waals surface area contributed by atoms with Crippen LogP contribution in [-0.4, -0.2) is 18.9 Å². The molecule has 1 N–H and O–H groups in total. The lowest BCUT2D eigenvalue weighted by molar-refractivity contribution is 0.171. The summed E-state index contributed by atoms with van der Waals surface area (Å²) in [5.41, 5.74) is 3.60. The maximum absolute atomic E-state index is 10.8. The standard InChI is InChI=1S/C12H12N2O3/c1-8(13-14-12(15)16-2)11-7-9-5-3-4-6-10(9)17-11/h3-7H,1-2H3,(H,14,15)/b13-8-. The molecule has 88 valence electrons. The van der Waals surface area contributed by atoms with Gasteiger partial charge in [-0.05, 0) is 19.1 Å². The average Bonchev–Trinajstić information content (AvgIpc) is 2.79. The van der Waals surface area contributed by atoms with Gasteiger partial charge in [0.2, 0.25) is 0 Å². The largest absolute Gasteiger partial charge is 0.455 e. The number of carbonyl (C=O) groups excluding carboxylic acids is 1. The Morgan fingerprint density at radius 3 is 2.88 bits per heavy atom. The summed E-state index contributed by atoms with van der Waals surface area (Å²) in [6, 6.07) is 9.52. The molecule has 0 aliphatic carbocycles. The van der Waals surface area contributed by atoms with Gasteiger partial charge in [0.15, 0.2) is 5.76 Å². The Hall–Kier alpha value is -2.30. The van der Waals surface area contributed by atoms with Crippen LogP contribution in [0.5, 0.6) is 0 Å². The molecule has 0 unspecified atom stereocenters. The molecule has 0 radical (unpaired) electrons. The molecule has 2 aromatic rings. The molecule has 0 bridgehead atoms. The fraction of sp³-hybridized carbons (Fsp3) is 0.167. The number of amides is 1. The van der Waals surface area contributed by atoms with Crippen LogP contribution < -0.4 is 5.43 Å². The van der Waals surface area contributed by atoms with Crippen molar-refractivity contribution in [2.45, 2.75) is 6.92 Å². The Labute approximate surface area is 98.1 Å². The van der Waals surface area contributed by atoms with Gasteiger partial charge in [0.05, 0.1) is 7.11 Å². The van der Waals surface area contributed by atoms with Crippen molar-refractivity contribution in [1.29, 1.82) is 0 Å². The molecule has 17 heavy (non-hydrogen) atoms. The minimum atomic E-state index is -0.611. The minimum Gasteiger partial charge on any atom is -0.455 e. The molecule has 0 saturated heterocycles. The van der Waals surface area contributed by atoms with Gasteiger partial charge in [-0.1, -0.05) is 18.2 Å².